The number of aromatic nitrogens is 1. The molecule has 1 rings (SSSR count). The minimum absolute atomic E-state index is 0.0768. The smallest absolute Gasteiger partial charge is 0.308 e. The molecule has 2 amide bonds. The molecule has 1 atom stereocenters. The van der Waals surface area contributed by atoms with Crippen LogP contribution in [-0.2, 0) is 4.79 Å². The molecule has 0 spiro atoms. The summed E-state index contributed by atoms with van der Waals surface area (Å²) in [7, 11) is 1.49. The number of carboxylic acids is 1. The number of hydrogen-bond acceptors (Lipinski definition) is 4. The van der Waals surface area contributed by atoms with Gasteiger partial charge in [0.25, 0.3) is 5.91 Å². The monoisotopic (exact) mass is 265 g/mol. The standard InChI is InChI=1S/C12H15N3O4/c1-7(12(18)19)6-15(2)11(17)9-4-3-8(5-14-9)10(13)16/h3-5,7H,6H2,1-2H3,(H2,13,16)(H,18,19). The van der Waals surface area contributed by atoms with E-state index in [0.29, 0.717) is 0 Å². The van der Waals surface area contributed by atoms with Gasteiger partial charge in [-0.25, -0.2) is 0 Å². The first-order valence-corrected chi connectivity index (χ1v) is 5.57. The SMILES string of the molecule is CC(CN(C)C(=O)c1ccc(C(N)=O)cn1)C(=O)O. The van der Waals surface area contributed by atoms with Crippen molar-refractivity contribution in [3.05, 3.63) is 29.6 Å². The summed E-state index contributed by atoms with van der Waals surface area (Å²) in [6.45, 7) is 1.59. The van der Waals surface area contributed by atoms with Crippen molar-refractivity contribution in [1.82, 2.24) is 9.88 Å². The molecule has 7 nitrogen and oxygen atoms in total. The lowest BCUT2D eigenvalue weighted by molar-refractivity contribution is -0.141. The van der Waals surface area contributed by atoms with E-state index in [1.807, 2.05) is 0 Å². The lowest BCUT2D eigenvalue weighted by atomic mass is 10.1. The van der Waals surface area contributed by atoms with Gasteiger partial charge in [0.05, 0.1) is 11.5 Å². The molecule has 7 heteroatoms. The van der Waals surface area contributed by atoms with Crippen LogP contribution < -0.4 is 5.73 Å². The molecule has 1 aromatic heterocycles. The van der Waals surface area contributed by atoms with Gasteiger partial charge in [-0.05, 0) is 12.1 Å². The molecule has 1 heterocycles. The zero-order chi connectivity index (χ0) is 14.6. The Morgan fingerprint density at radius 1 is 1.42 bits per heavy atom. The molecule has 0 aliphatic carbocycles. The molecule has 0 saturated heterocycles. The van der Waals surface area contributed by atoms with Crippen molar-refractivity contribution in [3.63, 3.8) is 0 Å². The van der Waals surface area contributed by atoms with E-state index in [1.165, 1.54) is 37.2 Å². The summed E-state index contributed by atoms with van der Waals surface area (Å²) in [5.41, 5.74) is 5.40. The van der Waals surface area contributed by atoms with Gasteiger partial charge in [0.1, 0.15) is 5.69 Å². The fourth-order valence-corrected chi connectivity index (χ4v) is 1.43. The maximum Gasteiger partial charge on any atom is 0.308 e. The molecule has 0 fully saturated rings. The Balaban J connectivity index is 2.77. The van der Waals surface area contributed by atoms with E-state index in [4.69, 9.17) is 10.8 Å². The number of carbonyl (C=O) groups is 3. The molecule has 0 radical (unpaired) electrons. The summed E-state index contributed by atoms with van der Waals surface area (Å²) >= 11 is 0. The van der Waals surface area contributed by atoms with E-state index in [9.17, 15) is 14.4 Å². The molecular formula is C12H15N3O4. The highest BCUT2D eigenvalue weighted by molar-refractivity contribution is 5.95. The van der Waals surface area contributed by atoms with Crippen molar-refractivity contribution in [1.29, 1.82) is 0 Å². The van der Waals surface area contributed by atoms with Crippen LogP contribution in [0.3, 0.4) is 0 Å². The Morgan fingerprint density at radius 2 is 2.05 bits per heavy atom. The van der Waals surface area contributed by atoms with Crippen LogP contribution in [0.15, 0.2) is 18.3 Å². The molecule has 1 unspecified atom stereocenters. The fourth-order valence-electron chi connectivity index (χ4n) is 1.43. The Bertz CT molecular complexity index is 498. The zero-order valence-electron chi connectivity index (χ0n) is 10.7. The quantitative estimate of drug-likeness (QED) is 0.776. The largest absolute Gasteiger partial charge is 0.481 e. The predicted molar refractivity (Wildman–Crippen MR) is 66.5 cm³/mol. The predicted octanol–water partition coefficient (Wildman–Crippen LogP) is -0.0268. The minimum Gasteiger partial charge on any atom is -0.481 e. The summed E-state index contributed by atoms with van der Waals surface area (Å²) in [4.78, 5) is 38.6. The van der Waals surface area contributed by atoms with E-state index in [-0.39, 0.29) is 17.8 Å². The van der Waals surface area contributed by atoms with Crippen molar-refractivity contribution in [2.24, 2.45) is 11.7 Å². The molecule has 0 aromatic carbocycles. The molecule has 0 aliphatic rings. The number of nitrogens with two attached hydrogens (primary N) is 1. The van der Waals surface area contributed by atoms with Gasteiger partial charge >= 0.3 is 5.97 Å². The summed E-state index contributed by atoms with van der Waals surface area (Å²) in [6.07, 6.45) is 1.21. The topological polar surface area (TPSA) is 114 Å². The van der Waals surface area contributed by atoms with Crippen LogP contribution in [-0.4, -0.2) is 46.4 Å². The number of rotatable bonds is 5. The minimum atomic E-state index is -0.975. The second kappa shape index (κ2) is 5.94. The van der Waals surface area contributed by atoms with Crippen LogP contribution >= 0.6 is 0 Å². The number of primary amides is 1. The zero-order valence-corrected chi connectivity index (χ0v) is 10.7. The molecule has 0 saturated carbocycles. The number of pyridine rings is 1. The molecule has 3 N–H and O–H groups in total. The van der Waals surface area contributed by atoms with Crippen LogP contribution in [0.4, 0.5) is 0 Å². The third-order valence-corrected chi connectivity index (χ3v) is 2.58. The Labute approximate surface area is 110 Å². The summed E-state index contributed by atoms with van der Waals surface area (Å²) < 4.78 is 0. The van der Waals surface area contributed by atoms with Crippen LogP contribution in [0.5, 0.6) is 0 Å². The van der Waals surface area contributed by atoms with Crippen LogP contribution in [0.1, 0.15) is 27.8 Å². The van der Waals surface area contributed by atoms with Gasteiger partial charge in [0.15, 0.2) is 0 Å². The number of carbonyl (C=O) groups excluding carboxylic acids is 2. The van der Waals surface area contributed by atoms with Crippen molar-refractivity contribution >= 4 is 17.8 Å². The maximum atomic E-state index is 11.9. The van der Waals surface area contributed by atoms with E-state index >= 15 is 0 Å². The number of carboxylic acid groups (broad SMARTS) is 1. The number of amides is 2. The van der Waals surface area contributed by atoms with Gasteiger partial charge in [0.2, 0.25) is 5.91 Å². The fraction of sp³-hybridized carbons (Fsp3) is 0.333. The van der Waals surface area contributed by atoms with Gasteiger partial charge < -0.3 is 15.7 Å². The molecule has 19 heavy (non-hydrogen) atoms. The van der Waals surface area contributed by atoms with Crippen LogP contribution in [0.25, 0.3) is 0 Å². The lowest BCUT2D eigenvalue weighted by Gasteiger charge is -2.18. The Hall–Kier alpha value is -2.44. The van der Waals surface area contributed by atoms with Crippen LogP contribution in [0, 0.1) is 5.92 Å². The summed E-state index contributed by atoms with van der Waals surface area (Å²) in [5, 5.41) is 8.78. The average Bonchev–Trinajstić information content (AvgIpc) is 2.37. The first-order chi connectivity index (χ1) is 8.82. The van der Waals surface area contributed by atoms with E-state index in [2.05, 4.69) is 4.98 Å². The van der Waals surface area contributed by atoms with Gasteiger partial charge in [-0.1, -0.05) is 6.92 Å². The van der Waals surface area contributed by atoms with Gasteiger partial charge in [0, 0.05) is 19.8 Å². The average molecular weight is 265 g/mol. The third kappa shape index (κ3) is 3.77. The number of hydrogen-bond donors (Lipinski definition) is 2. The third-order valence-electron chi connectivity index (χ3n) is 2.58. The molecule has 0 aliphatic heterocycles. The van der Waals surface area contributed by atoms with E-state index in [0.717, 1.165) is 0 Å². The normalized spacial score (nSPS) is 11.7. The molecule has 1 aromatic rings. The van der Waals surface area contributed by atoms with Gasteiger partial charge in [-0.2, -0.15) is 0 Å². The van der Waals surface area contributed by atoms with Crippen LogP contribution in [0.2, 0.25) is 0 Å². The lowest BCUT2D eigenvalue weighted by Crippen LogP contribution is -2.34. The van der Waals surface area contributed by atoms with Gasteiger partial charge in [-0.15, -0.1) is 0 Å². The Kier molecular flexibility index (Phi) is 4.57. The summed E-state index contributed by atoms with van der Waals surface area (Å²) in [6, 6.07) is 2.78. The first kappa shape index (κ1) is 14.6. The highest BCUT2D eigenvalue weighted by atomic mass is 16.4. The molecular weight excluding hydrogens is 250 g/mol. The number of aliphatic carboxylic acids is 1. The summed E-state index contributed by atoms with van der Waals surface area (Å²) in [5.74, 6) is -2.68. The maximum absolute atomic E-state index is 11.9. The van der Waals surface area contributed by atoms with Crippen molar-refractivity contribution in [3.8, 4) is 0 Å². The van der Waals surface area contributed by atoms with Gasteiger partial charge in [-0.3, -0.25) is 19.4 Å². The Morgan fingerprint density at radius 3 is 2.47 bits per heavy atom. The van der Waals surface area contributed by atoms with E-state index in [1.54, 1.807) is 0 Å². The van der Waals surface area contributed by atoms with Crippen molar-refractivity contribution in [2.45, 2.75) is 6.92 Å². The number of nitrogens with zero attached hydrogens (tertiary/aromatic N) is 2. The van der Waals surface area contributed by atoms with Crippen molar-refractivity contribution < 1.29 is 19.5 Å². The highest BCUT2D eigenvalue weighted by Crippen LogP contribution is 2.05. The van der Waals surface area contributed by atoms with E-state index < -0.39 is 23.7 Å². The molecule has 102 valence electrons. The molecule has 0 bridgehead atoms. The second-order valence-electron chi connectivity index (χ2n) is 4.22. The second-order valence-corrected chi connectivity index (χ2v) is 4.22. The first-order valence-electron chi connectivity index (χ1n) is 5.57. The highest BCUT2D eigenvalue weighted by Gasteiger charge is 2.19. The van der Waals surface area contributed by atoms with Crippen molar-refractivity contribution in [2.75, 3.05) is 13.6 Å².